The lowest BCUT2D eigenvalue weighted by Crippen LogP contribution is -2.64. The smallest absolute Gasteiger partial charge is 0.303 e. The quantitative estimate of drug-likeness (QED) is 0.205. The van der Waals surface area contributed by atoms with Crippen molar-refractivity contribution in [2.45, 2.75) is 64.9 Å². The number of carbonyl (C=O) groups excluding carboxylic acids is 4. The minimum absolute atomic E-state index is 0.00734. The molecule has 0 aliphatic carbocycles. The molecule has 5 atom stereocenters. The summed E-state index contributed by atoms with van der Waals surface area (Å²) in [4.78, 5) is 48.5. The Morgan fingerprint density at radius 3 is 2.07 bits per heavy atom. The highest BCUT2D eigenvalue weighted by molar-refractivity contribution is 7.71. The summed E-state index contributed by atoms with van der Waals surface area (Å²) in [7, 11) is 0. The number of hydrogen-bond donors (Lipinski definition) is 1. The highest BCUT2D eigenvalue weighted by Crippen LogP contribution is 2.33. The van der Waals surface area contributed by atoms with E-state index in [0.717, 1.165) is 0 Å². The van der Waals surface area contributed by atoms with Gasteiger partial charge in [0.1, 0.15) is 31.1 Å². The Hall–Kier alpha value is -4.56. The van der Waals surface area contributed by atoms with Crippen molar-refractivity contribution in [3.63, 3.8) is 0 Å². The number of ether oxygens (including phenoxy) is 5. The molecule has 1 N–H and O–H groups in total. The average molecular weight is 613 g/mol. The molecule has 13 nitrogen and oxygen atoms in total. The highest BCUT2D eigenvalue weighted by Gasteiger charge is 2.52. The van der Waals surface area contributed by atoms with Gasteiger partial charge in [0.15, 0.2) is 24.3 Å². The molecule has 2 aromatic carbocycles. The lowest BCUT2D eigenvalue weighted by atomic mass is 9.95. The zero-order valence-electron chi connectivity index (χ0n) is 24.0. The van der Waals surface area contributed by atoms with E-state index >= 15 is 0 Å². The van der Waals surface area contributed by atoms with Crippen molar-refractivity contribution >= 4 is 36.0 Å². The van der Waals surface area contributed by atoms with Crippen molar-refractivity contribution in [1.29, 1.82) is 0 Å². The second-order valence-corrected chi connectivity index (χ2v) is 10.0. The number of nitrogens with one attached hydrogen (secondary N) is 1. The second kappa shape index (κ2) is 14.1. The second-order valence-electron chi connectivity index (χ2n) is 9.66. The largest absolute Gasteiger partial charge is 0.486 e. The maximum atomic E-state index is 12.4. The first kappa shape index (κ1) is 31.4. The van der Waals surface area contributed by atoms with Crippen molar-refractivity contribution < 1.29 is 42.9 Å². The lowest BCUT2D eigenvalue weighted by molar-refractivity contribution is -0.239. The third-order valence-electron chi connectivity index (χ3n) is 6.33. The Morgan fingerprint density at radius 2 is 1.49 bits per heavy atom. The van der Waals surface area contributed by atoms with Gasteiger partial charge in [-0.05, 0) is 36.5 Å². The van der Waals surface area contributed by atoms with Crippen LogP contribution in [0.3, 0.4) is 0 Å². The van der Waals surface area contributed by atoms with Crippen LogP contribution in [0.15, 0.2) is 60.7 Å². The molecule has 0 unspecified atom stereocenters. The van der Waals surface area contributed by atoms with Gasteiger partial charge in [-0.3, -0.25) is 23.7 Å². The lowest BCUT2D eigenvalue weighted by Gasteiger charge is -2.45. The van der Waals surface area contributed by atoms with Gasteiger partial charge in [-0.25, -0.2) is 4.68 Å². The number of amides is 1. The average Bonchev–Trinajstić information content (AvgIpc) is 3.28. The van der Waals surface area contributed by atoms with Crippen molar-refractivity contribution in [2.24, 2.45) is 0 Å². The number of aromatic nitrogens is 3. The van der Waals surface area contributed by atoms with Crippen molar-refractivity contribution in [1.82, 2.24) is 19.7 Å². The SMILES string of the molecule is CC(=O)N[C@H]1[C@H](OC(C)=O)[C@@H](OC(C)=O)[C@H](COC(C)=O)O[C@@H]1n1nc(COc2ccccc2)n(-c2ccccc2)c1=S. The van der Waals surface area contributed by atoms with Gasteiger partial charge in [0.25, 0.3) is 0 Å². The van der Waals surface area contributed by atoms with Gasteiger partial charge < -0.3 is 29.0 Å². The number of nitrogens with zero attached hydrogens (tertiary/aromatic N) is 3. The number of esters is 3. The molecule has 228 valence electrons. The third-order valence-corrected chi connectivity index (χ3v) is 6.70. The van der Waals surface area contributed by atoms with Crippen LogP contribution in [0.25, 0.3) is 5.69 Å². The first-order valence-corrected chi connectivity index (χ1v) is 13.8. The molecule has 1 fully saturated rings. The van der Waals surface area contributed by atoms with Crippen LogP contribution >= 0.6 is 12.2 Å². The van der Waals surface area contributed by atoms with E-state index < -0.39 is 54.4 Å². The molecule has 1 aromatic heterocycles. The number of rotatable bonds is 10. The maximum Gasteiger partial charge on any atom is 0.303 e. The van der Waals surface area contributed by atoms with Crippen LogP contribution in [0.5, 0.6) is 5.75 Å². The normalized spacial score (nSPS) is 21.3. The summed E-state index contributed by atoms with van der Waals surface area (Å²) in [6, 6.07) is 17.2. The van der Waals surface area contributed by atoms with Crippen LogP contribution in [0.2, 0.25) is 0 Å². The van der Waals surface area contributed by atoms with Crippen LogP contribution in [0.4, 0.5) is 0 Å². The number of benzene rings is 2. The van der Waals surface area contributed by atoms with E-state index in [0.29, 0.717) is 17.3 Å². The molecular weight excluding hydrogens is 580 g/mol. The monoisotopic (exact) mass is 612 g/mol. The molecule has 1 aliphatic heterocycles. The van der Waals surface area contributed by atoms with Crippen LogP contribution in [0.1, 0.15) is 39.7 Å². The van der Waals surface area contributed by atoms with Crippen LogP contribution in [-0.4, -0.2) is 69.1 Å². The zero-order chi connectivity index (χ0) is 31.1. The van der Waals surface area contributed by atoms with E-state index in [4.69, 9.17) is 41.0 Å². The van der Waals surface area contributed by atoms with Gasteiger partial charge in [0.05, 0.1) is 0 Å². The maximum absolute atomic E-state index is 12.4. The summed E-state index contributed by atoms with van der Waals surface area (Å²) in [5.41, 5.74) is 0.683. The molecule has 1 aliphatic rings. The third kappa shape index (κ3) is 7.84. The topological polar surface area (TPSA) is 149 Å². The number of carbonyl (C=O) groups is 4. The van der Waals surface area contributed by atoms with E-state index in [-0.39, 0.29) is 18.0 Å². The number of para-hydroxylation sites is 2. The first-order valence-electron chi connectivity index (χ1n) is 13.4. The summed E-state index contributed by atoms with van der Waals surface area (Å²) in [5, 5.41) is 7.47. The van der Waals surface area contributed by atoms with Gasteiger partial charge >= 0.3 is 17.9 Å². The Balaban J connectivity index is 1.85. The van der Waals surface area contributed by atoms with Crippen LogP contribution < -0.4 is 10.1 Å². The molecule has 3 aromatic rings. The van der Waals surface area contributed by atoms with Crippen molar-refractivity contribution in [3.8, 4) is 11.4 Å². The minimum atomic E-state index is -1.27. The molecule has 1 saturated heterocycles. The van der Waals surface area contributed by atoms with Gasteiger partial charge in [-0.2, -0.15) is 5.10 Å². The Kier molecular flexibility index (Phi) is 10.3. The summed E-state index contributed by atoms with van der Waals surface area (Å²) < 4.78 is 31.8. The van der Waals surface area contributed by atoms with Gasteiger partial charge in [-0.15, -0.1) is 0 Å². The molecule has 43 heavy (non-hydrogen) atoms. The van der Waals surface area contributed by atoms with E-state index in [1.54, 1.807) is 16.7 Å². The van der Waals surface area contributed by atoms with E-state index in [9.17, 15) is 19.2 Å². The number of hydrogen-bond acceptors (Lipinski definition) is 11. The molecule has 4 rings (SSSR count). The highest BCUT2D eigenvalue weighted by atomic mass is 32.1. The summed E-state index contributed by atoms with van der Waals surface area (Å²) in [6.07, 6.45) is -4.84. The molecule has 0 radical (unpaired) electrons. The standard InChI is InChI=1S/C29H32N4O9S/c1-17(34)30-25-27(41-20(4)37)26(40-19(3)36)23(15-38-18(2)35)42-28(25)33-29(43)32(21-11-7-5-8-12-21)24(31-33)16-39-22-13-9-6-10-14-22/h5-14,23,25-28H,15-16H2,1-4H3,(H,30,34)/t23-,25-,26-,27-,28-/m0/s1. The molecular formula is C29H32N4O9S. The van der Waals surface area contributed by atoms with Gasteiger partial charge in [0, 0.05) is 33.4 Å². The van der Waals surface area contributed by atoms with E-state index in [1.165, 1.54) is 32.4 Å². The molecule has 1 amide bonds. The summed E-state index contributed by atoms with van der Waals surface area (Å²) in [5.74, 6) is -1.51. The zero-order valence-corrected chi connectivity index (χ0v) is 24.8. The Bertz CT molecular complexity index is 1510. The van der Waals surface area contributed by atoms with Crippen LogP contribution in [0, 0.1) is 4.77 Å². The van der Waals surface area contributed by atoms with Crippen molar-refractivity contribution in [2.75, 3.05) is 6.61 Å². The molecule has 0 saturated carbocycles. The summed E-state index contributed by atoms with van der Waals surface area (Å²) in [6.45, 7) is 4.48. The fourth-order valence-corrected chi connectivity index (χ4v) is 5.06. The minimum Gasteiger partial charge on any atom is -0.486 e. The first-order chi connectivity index (χ1) is 20.5. The molecule has 0 spiro atoms. The fourth-order valence-electron chi connectivity index (χ4n) is 4.70. The van der Waals surface area contributed by atoms with E-state index in [2.05, 4.69) is 5.32 Å². The predicted octanol–water partition coefficient (Wildman–Crippen LogP) is 2.81. The Labute approximate surface area is 252 Å². The Morgan fingerprint density at radius 1 is 0.884 bits per heavy atom. The molecule has 0 bridgehead atoms. The summed E-state index contributed by atoms with van der Waals surface area (Å²) >= 11 is 5.88. The molecule has 14 heteroatoms. The fraction of sp³-hybridized carbons (Fsp3) is 0.379. The van der Waals surface area contributed by atoms with Crippen molar-refractivity contribution in [3.05, 3.63) is 71.3 Å². The van der Waals surface area contributed by atoms with E-state index in [1.807, 2.05) is 48.5 Å². The predicted molar refractivity (Wildman–Crippen MR) is 152 cm³/mol. The van der Waals surface area contributed by atoms with Gasteiger partial charge in [-0.1, -0.05) is 36.4 Å². The van der Waals surface area contributed by atoms with Gasteiger partial charge in [0.2, 0.25) is 10.7 Å². The van der Waals surface area contributed by atoms with Crippen LogP contribution in [-0.2, 0) is 44.7 Å². The molecule has 2 heterocycles.